The van der Waals surface area contributed by atoms with Gasteiger partial charge in [0.15, 0.2) is 0 Å². The van der Waals surface area contributed by atoms with Gasteiger partial charge in [0.05, 0.1) is 12.8 Å². The number of hydrogen-bond acceptors (Lipinski definition) is 3. The van der Waals surface area contributed by atoms with Crippen LogP contribution in [0.15, 0.2) is 54.7 Å². The van der Waals surface area contributed by atoms with Crippen molar-refractivity contribution in [3.63, 3.8) is 0 Å². The molecule has 2 aromatic carbocycles. The fraction of sp³-hybridized carbons (Fsp3) is 0.286. The van der Waals surface area contributed by atoms with Gasteiger partial charge in [-0.15, -0.1) is 0 Å². The summed E-state index contributed by atoms with van der Waals surface area (Å²) in [5.74, 6) is 1.85. The van der Waals surface area contributed by atoms with Gasteiger partial charge in [-0.3, -0.25) is 4.57 Å². The zero-order valence-corrected chi connectivity index (χ0v) is 15.6. The zero-order valence-electron chi connectivity index (χ0n) is 14.9. The number of benzene rings is 2. The van der Waals surface area contributed by atoms with Gasteiger partial charge in [-0.1, -0.05) is 23.7 Å². The third-order valence-corrected chi connectivity index (χ3v) is 5.07. The van der Waals surface area contributed by atoms with Gasteiger partial charge in [0.1, 0.15) is 5.75 Å². The summed E-state index contributed by atoms with van der Waals surface area (Å²) in [4.78, 5) is 7.35. The second-order valence-corrected chi connectivity index (χ2v) is 6.99. The summed E-state index contributed by atoms with van der Waals surface area (Å²) in [5.41, 5.74) is 3.11. The summed E-state index contributed by atoms with van der Waals surface area (Å²) in [6, 6.07) is 16.0. The summed E-state index contributed by atoms with van der Waals surface area (Å²) in [7, 11) is 1.68. The molecule has 26 heavy (non-hydrogen) atoms. The second-order valence-electron chi connectivity index (χ2n) is 6.55. The SMILES string of the molecule is COc1ccc(-n2cc(-c3ccc(Cl)cc3)nc2N2CCCCC2)cc1. The molecule has 0 radical (unpaired) electrons. The molecule has 5 heteroatoms. The fourth-order valence-electron chi connectivity index (χ4n) is 3.38. The van der Waals surface area contributed by atoms with Crippen LogP contribution in [0.5, 0.6) is 5.75 Å². The third kappa shape index (κ3) is 3.42. The minimum Gasteiger partial charge on any atom is -0.497 e. The van der Waals surface area contributed by atoms with E-state index in [1.165, 1.54) is 19.3 Å². The standard InChI is InChI=1S/C21H22ClN3O/c1-26-19-11-9-18(10-12-19)25-15-20(16-5-7-17(22)8-6-16)23-21(25)24-13-3-2-4-14-24/h5-12,15H,2-4,13-14H2,1H3. The first-order chi connectivity index (χ1) is 12.7. The van der Waals surface area contributed by atoms with Crippen LogP contribution in [0.3, 0.4) is 0 Å². The van der Waals surface area contributed by atoms with Crippen molar-refractivity contribution >= 4 is 17.5 Å². The van der Waals surface area contributed by atoms with E-state index in [1.807, 2.05) is 36.4 Å². The number of anilines is 1. The number of ether oxygens (including phenoxy) is 1. The second kappa shape index (κ2) is 7.42. The van der Waals surface area contributed by atoms with E-state index in [0.29, 0.717) is 0 Å². The van der Waals surface area contributed by atoms with E-state index in [4.69, 9.17) is 21.3 Å². The monoisotopic (exact) mass is 367 g/mol. The van der Waals surface area contributed by atoms with Crippen LogP contribution in [0, 0.1) is 0 Å². The van der Waals surface area contributed by atoms with Crippen LogP contribution < -0.4 is 9.64 Å². The number of piperidine rings is 1. The number of aromatic nitrogens is 2. The Morgan fingerprint density at radius 3 is 2.27 bits per heavy atom. The van der Waals surface area contributed by atoms with Crippen molar-refractivity contribution in [2.24, 2.45) is 0 Å². The van der Waals surface area contributed by atoms with Gasteiger partial charge in [-0.25, -0.2) is 4.98 Å². The fourth-order valence-corrected chi connectivity index (χ4v) is 3.51. The quantitative estimate of drug-likeness (QED) is 0.635. The summed E-state index contributed by atoms with van der Waals surface area (Å²) < 4.78 is 7.46. The van der Waals surface area contributed by atoms with Crippen LogP contribution in [0.25, 0.3) is 16.9 Å². The van der Waals surface area contributed by atoms with E-state index in [2.05, 4.69) is 27.8 Å². The highest BCUT2D eigenvalue weighted by molar-refractivity contribution is 6.30. The Kier molecular flexibility index (Phi) is 4.85. The van der Waals surface area contributed by atoms with Crippen LogP contribution >= 0.6 is 11.6 Å². The highest BCUT2D eigenvalue weighted by atomic mass is 35.5. The van der Waals surface area contributed by atoms with Gasteiger partial charge in [-0.05, 0) is 55.7 Å². The Hall–Kier alpha value is -2.46. The van der Waals surface area contributed by atoms with Crippen molar-refractivity contribution in [1.82, 2.24) is 9.55 Å². The highest BCUT2D eigenvalue weighted by Crippen LogP contribution is 2.29. The van der Waals surface area contributed by atoms with E-state index in [0.717, 1.165) is 46.8 Å². The number of hydrogen-bond donors (Lipinski definition) is 0. The van der Waals surface area contributed by atoms with E-state index in [9.17, 15) is 0 Å². The molecule has 1 aromatic heterocycles. The molecule has 0 saturated carbocycles. The van der Waals surface area contributed by atoms with E-state index >= 15 is 0 Å². The van der Waals surface area contributed by atoms with Crippen molar-refractivity contribution in [2.45, 2.75) is 19.3 Å². The van der Waals surface area contributed by atoms with Crippen LogP contribution in [0.1, 0.15) is 19.3 Å². The highest BCUT2D eigenvalue weighted by Gasteiger charge is 2.19. The van der Waals surface area contributed by atoms with E-state index < -0.39 is 0 Å². The number of nitrogens with zero attached hydrogens (tertiary/aromatic N) is 3. The maximum absolute atomic E-state index is 6.04. The molecule has 0 amide bonds. The number of methoxy groups -OCH3 is 1. The normalized spacial score (nSPS) is 14.5. The Balaban J connectivity index is 1.77. The molecule has 1 saturated heterocycles. The van der Waals surface area contributed by atoms with Crippen LogP contribution in [0.2, 0.25) is 5.02 Å². The Morgan fingerprint density at radius 1 is 0.923 bits per heavy atom. The summed E-state index contributed by atoms with van der Waals surface area (Å²) >= 11 is 6.04. The van der Waals surface area contributed by atoms with Crippen molar-refractivity contribution < 1.29 is 4.74 Å². The molecule has 0 atom stereocenters. The zero-order chi connectivity index (χ0) is 17.9. The largest absolute Gasteiger partial charge is 0.497 e. The van der Waals surface area contributed by atoms with Gasteiger partial charge in [0.2, 0.25) is 5.95 Å². The summed E-state index contributed by atoms with van der Waals surface area (Å²) in [6.45, 7) is 2.10. The van der Waals surface area contributed by atoms with E-state index in [-0.39, 0.29) is 0 Å². The lowest BCUT2D eigenvalue weighted by molar-refractivity contribution is 0.414. The predicted octanol–water partition coefficient (Wildman–Crippen LogP) is 5.19. The summed E-state index contributed by atoms with van der Waals surface area (Å²) in [5, 5.41) is 0.736. The van der Waals surface area contributed by atoms with Gasteiger partial charge in [-0.2, -0.15) is 0 Å². The van der Waals surface area contributed by atoms with Crippen molar-refractivity contribution in [1.29, 1.82) is 0 Å². The Labute approximate surface area is 159 Å². The molecule has 2 heterocycles. The molecule has 3 aromatic rings. The van der Waals surface area contributed by atoms with Gasteiger partial charge >= 0.3 is 0 Å². The van der Waals surface area contributed by atoms with Crippen LogP contribution in [0.4, 0.5) is 5.95 Å². The molecule has 4 nitrogen and oxygen atoms in total. The topological polar surface area (TPSA) is 30.3 Å². The molecular weight excluding hydrogens is 346 g/mol. The molecule has 0 N–H and O–H groups in total. The molecule has 0 unspecified atom stereocenters. The Bertz CT molecular complexity index is 865. The molecular formula is C21H22ClN3O. The van der Waals surface area contributed by atoms with Crippen LogP contribution in [-0.2, 0) is 0 Å². The number of imidazole rings is 1. The summed E-state index contributed by atoms with van der Waals surface area (Å²) in [6.07, 6.45) is 5.83. The first-order valence-electron chi connectivity index (χ1n) is 8.99. The van der Waals surface area contributed by atoms with Crippen molar-refractivity contribution in [2.75, 3.05) is 25.1 Å². The molecule has 1 aliphatic heterocycles. The third-order valence-electron chi connectivity index (χ3n) is 4.82. The first-order valence-corrected chi connectivity index (χ1v) is 9.37. The molecule has 4 rings (SSSR count). The predicted molar refractivity (Wildman–Crippen MR) is 107 cm³/mol. The smallest absolute Gasteiger partial charge is 0.210 e. The van der Waals surface area contributed by atoms with Crippen molar-refractivity contribution in [3.05, 3.63) is 59.8 Å². The molecule has 1 aliphatic rings. The average Bonchev–Trinajstić information content (AvgIpc) is 3.15. The van der Waals surface area contributed by atoms with Gasteiger partial charge in [0, 0.05) is 35.6 Å². The maximum atomic E-state index is 6.04. The minimum atomic E-state index is 0.736. The molecule has 134 valence electrons. The Morgan fingerprint density at radius 2 is 1.62 bits per heavy atom. The molecule has 0 aliphatic carbocycles. The van der Waals surface area contributed by atoms with Gasteiger partial charge in [0.25, 0.3) is 0 Å². The maximum Gasteiger partial charge on any atom is 0.210 e. The number of halogens is 1. The molecule has 1 fully saturated rings. The molecule has 0 spiro atoms. The first kappa shape index (κ1) is 17.0. The van der Waals surface area contributed by atoms with E-state index in [1.54, 1.807) is 7.11 Å². The lowest BCUT2D eigenvalue weighted by Gasteiger charge is -2.28. The number of rotatable bonds is 4. The van der Waals surface area contributed by atoms with Crippen LogP contribution in [-0.4, -0.2) is 29.8 Å². The minimum absolute atomic E-state index is 0.736. The molecule has 0 bridgehead atoms. The lowest BCUT2D eigenvalue weighted by atomic mass is 10.1. The van der Waals surface area contributed by atoms with Crippen molar-refractivity contribution in [3.8, 4) is 22.7 Å². The lowest BCUT2D eigenvalue weighted by Crippen LogP contribution is -2.31. The van der Waals surface area contributed by atoms with Gasteiger partial charge < -0.3 is 9.64 Å². The average molecular weight is 368 g/mol.